The number of carbonyl (C=O) groups is 1. The highest BCUT2D eigenvalue weighted by molar-refractivity contribution is 5.78. The zero-order valence-electron chi connectivity index (χ0n) is 11.4. The maximum Gasteiger partial charge on any atom is 0.234 e. The summed E-state index contributed by atoms with van der Waals surface area (Å²) in [7, 11) is 1.74. The monoisotopic (exact) mass is 242 g/mol. The average Bonchev–Trinajstić information content (AvgIpc) is 2.36. The van der Waals surface area contributed by atoms with Crippen LogP contribution in [0.15, 0.2) is 0 Å². The summed E-state index contributed by atoms with van der Waals surface area (Å²) in [5.74, 6) is 0.127. The highest BCUT2D eigenvalue weighted by atomic mass is 16.5. The molecule has 2 unspecified atom stereocenters. The topological polar surface area (TPSA) is 41.6 Å². The van der Waals surface area contributed by atoms with Crippen LogP contribution in [0.5, 0.6) is 0 Å². The standard InChI is InChI=1S/C13H26N2O2/c1-4-15(5-2)10-13(16)14-11-8-6-7-9-12(11)17-3/h11-12H,4-10H2,1-3H3,(H,14,16). The number of hydrogen-bond donors (Lipinski definition) is 1. The van der Waals surface area contributed by atoms with Gasteiger partial charge in [-0.05, 0) is 25.9 Å². The second kappa shape index (κ2) is 7.67. The minimum atomic E-state index is 0.127. The molecule has 1 aliphatic carbocycles. The van der Waals surface area contributed by atoms with Gasteiger partial charge in [-0.1, -0.05) is 26.7 Å². The molecule has 1 amide bonds. The molecule has 0 spiro atoms. The fourth-order valence-electron chi connectivity index (χ4n) is 2.45. The van der Waals surface area contributed by atoms with Crippen LogP contribution in [0, 0.1) is 0 Å². The van der Waals surface area contributed by atoms with Crippen LogP contribution in [0.1, 0.15) is 39.5 Å². The zero-order valence-corrected chi connectivity index (χ0v) is 11.4. The first-order chi connectivity index (χ1) is 8.21. The Labute approximate surface area is 105 Å². The van der Waals surface area contributed by atoms with Gasteiger partial charge >= 0.3 is 0 Å². The van der Waals surface area contributed by atoms with Crippen LogP contribution in [-0.2, 0) is 9.53 Å². The van der Waals surface area contributed by atoms with E-state index in [-0.39, 0.29) is 18.1 Å². The number of methoxy groups -OCH3 is 1. The van der Waals surface area contributed by atoms with Gasteiger partial charge in [0.2, 0.25) is 5.91 Å². The second-order valence-electron chi connectivity index (χ2n) is 4.69. The highest BCUT2D eigenvalue weighted by Gasteiger charge is 2.26. The third kappa shape index (κ3) is 4.64. The fourth-order valence-corrected chi connectivity index (χ4v) is 2.45. The van der Waals surface area contributed by atoms with E-state index in [2.05, 4.69) is 24.1 Å². The molecule has 100 valence electrons. The summed E-state index contributed by atoms with van der Waals surface area (Å²) in [6.07, 6.45) is 4.70. The fraction of sp³-hybridized carbons (Fsp3) is 0.923. The Balaban J connectivity index is 2.38. The Bertz CT molecular complexity index is 229. The van der Waals surface area contributed by atoms with Crippen molar-refractivity contribution in [2.24, 2.45) is 0 Å². The van der Waals surface area contributed by atoms with E-state index in [1.165, 1.54) is 12.8 Å². The molecule has 1 fully saturated rings. The van der Waals surface area contributed by atoms with Gasteiger partial charge in [-0.2, -0.15) is 0 Å². The first-order valence-corrected chi connectivity index (χ1v) is 6.75. The Kier molecular flexibility index (Phi) is 6.52. The smallest absolute Gasteiger partial charge is 0.234 e. The molecule has 2 atom stereocenters. The van der Waals surface area contributed by atoms with Crippen molar-refractivity contribution < 1.29 is 9.53 Å². The Morgan fingerprint density at radius 3 is 2.53 bits per heavy atom. The van der Waals surface area contributed by atoms with E-state index in [4.69, 9.17) is 4.74 Å². The molecule has 0 bridgehead atoms. The van der Waals surface area contributed by atoms with Crippen LogP contribution in [-0.4, -0.2) is 49.7 Å². The predicted octanol–water partition coefficient (Wildman–Crippen LogP) is 1.40. The lowest BCUT2D eigenvalue weighted by molar-refractivity contribution is -0.124. The molecule has 1 saturated carbocycles. The molecular formula is C13H26N2O2. The van der Waals surface area contributed by atoms with Crippen molar-refractivity contribution in [3.05, 3.63) is 0 Å². The maximum atomic E-state index is 11.9. The lowest BCUT2D eigenvalue weighted by atomic mass is 9.92. The van der Waals surface area contributed by atoms with Crippen molar-refractivity contribution in [2.45, 2.75) is 51.7 Å². The zero-order chi connectivity index (χ0) is 12.7. The number of likely N-dealkylation sites (N-methyl/N-ethyl adjacent to an activating group) is 1. The van der Waals surface area contributed by atoms with E-state index in [1.54, 1.807) is 7.11 Å². The van der Waals surface area contributed by atoms with E-state index in [0.29, 0.717) is 6.54 Å². The predicted molar refractivity (Wildman–Crippen MR) is 69.0 cm³/mol. The number of hydrogen-bond acceptors (Lipinski definition) is 3. The van der Waals surface area contributed by atoms with Gasteiger partial charge < -0.3 is 10.1 Å². The normalized spacial score (nSPS) is 24.9. The average molecular weight is 242 g/mol. The highest BCUT2D eigenvalue weighted by Crippen LogP contribution is 2.20. The van der Waals surface area contributed by atoms with Crippen LogP contribution in [0.3, 0.4) is 0 Å². The Morgan fingerprint density at radius 1 is 1.29 bits per heavy atom. The van der Waals surface area contributed by atoms with Gasteiger partial charge in [0.15, 0.2) is 0 Å². The summed E-state index contributed by atoms with van der Waals surface area (Å²) in [6, 6.07) is 0.205. The SMILES string of the molecule is CCN(CC)CC(=O)NC1CCCCC1OC. The number of ether oxygens (including phenoxy) is 1. The molecule has 4 nitrogen and oxygen atoms in total. The number of amides is 1. The molecule has 1 aliphatic rings. The quantitative estimate of drug-likeness (QED) is 0.765. The summed E-state index contributed by atoms with van der Waals surface area (Å²) in [5.41, 5.74) is 0. The van der Waals surface area contributed by atoms with Crippen molar-refractivity contribution in [1.29, 1.82) is 0 Å². The molecule has 17 heavy (non-hydrogen) atoms. The van der Waals surface area contributed by atoms with Gasteiger partial charge in [0.05, 0.1) is 18.7 Å². The summed E-state index contributed by atoms with van der Waals surface area (Å²) >= 11 is 0. The van der Waals surface area contributed by atoms with Crippen LogP contribution in [0.4, 0.5) is 0 Å². The summed E-state index contributed by atoms with van der Waals surface area (Å²) in [4.78, 5) is 14.0. The molecular weight excluding hydrogens is 216 g/mol. The van der Waals surface area contributed by atoms with Gasteiger partial charge in [-0.15, -0.1) is 0 Å². The molecule has 0 heterocycles. The van der Waals surface area contributed by atoms with Crippen molar-refractivity contribution in [3.8, 4) is 0 Å². The molecule has 0 aromatic heterocycles. The van der Waals surface area contributed by atoms with Gasteiger partial charge in [-0.3, -0.25) is 9.69 Å². The Morgan fingerprint density at radius 2 is 1.94 bits per heavy atom. The maximum absolute atomic E-state index is 11.9. The van der Waals surface area contributed by atoms with Gasteiger partial charge in [0.25, 0.3) is 0 Å². The molecule has 0 radical (unpaired) electrons. The van der Waals surface area contributed by atoms with E-state index in [9.17, 15) is 4.79 Å². The summed E-state index contributed by atoms with van der Waals surface area (Å²) < 4.78 is 5.43. The van der Waals surface area contributed by atoms with Crippen LogP contribution in [0.25, 0.3) is 0 Å². The van der Waals surface area contributed by atoms with Crippen molar-refractivity contribution in [1.82, 2.24) is 10.2 Å². The van der Waals surface area contributed by atoms with Gasteiger partial charge in [-0.25, -0.2) is 0 Å². The van der Waals surface area contributed by atoms with Gasteiger partial charge in [0, 0.05) is 7.11 Å². The van der Waals surface area contributed by atoms with Crippen LogP contribution >= 0.6 is 0 Å². The molecule has 0 aromatic rings. The number of nitrogens with zero attached hydrogens (tertiary/aromatic N) is 1. The van der Waals surface area contributed by atoms with Gasteiger partial charge in [0.1, 0.15) is 0 Å². The molecule has 4 heteroatoms. The summed E-state index contributed by atoms with van der Waals surface area (Å²) in [5, 5.41) is 3.11. The molecule has 0 aliphatic heterocycles. The number of carbonyl (C=O) groups excluding carboxylic acids is 1. The van der Waals surface area contributed by atoms with Crippen molar-refractivity contribution in [3.63, 3.8) is 0 Å². The lowest BCUT2D eigenvalue weighted by Crippen LogP contribution is -2.49. The van der Waals surface area contributed by atoms with Crippen LogP contribution in [0.2, 0.25) is 0 Å². The number of nitrogens with one attached hydrogen (secondary N) is 1. The van der Waals surface area contributed by atoms with E-state index >= 15 is 0 Å². The first kappa shape index (κ1) is 14.5. The summed E-state index contributed by atoms with van der Waals surface area (Å²) in [6.45, 7) is 6.50. The third-order valence-corrected chi connectivity index (χ3v) is 3.61. The van der Waals surface area contributed by atoms with E-state index in [1.807, 2.05) is 0 Å². The molecule has 1 rings (SSSR count). The molecule has 1 N–H and O–H groups in total. The number of rotatable bonds is 6. The largest absolute Gasteiger partial charge is 0.379 e. The Hall–Kier alpha value is -0.610. The first-order valence-electron chi connectivity index (χ1n) is 6.75. The molecule has 0 aromatic carbocycles. The van der Waals surface area contributed by atoms with Crippen molar-refractivity contribution >= 4 is 5.91 Å². The van der Waals surface area contributed by atoms with E-state index in [0.717, 1.165) is 25.9 Å². The minimum Gasteiger partial charge on any atom is -0.379 e. The van der Waals surface area contributed by atoms with Crippen LogP contribution < -0.4 is 5.32 Å². The molecule has 0 saturated heterocycles. The van der Waals surface area contributed by atoms with Crippen molar-refractivity contribution in [2.75, 3.05) is 26.7 Å². The lowest BCUT2D eigenvalue weighted by Gasteiger charge is -2.31. The second-order valence-corrected chi connectivity index (χ2v) is 4.69. The van der Waals surface area contributed by atoms with E-state index < -0.39 is 0 Å². The minimum absolute atomic E-state index is 0.127. The third-order valence-electron chi connectivity index (χ3n) is 3.61.